The lowest BCUT2D eigenvalue weighted by atomic mass is 10.2. The summed E-state index contributed by atoms with van der Waals surface area (Å²) in [6.45, 7) is 3.25. The van der Waals surface area contributed by atoms with E-state index in [0.717, 1.165) is 19.7 Å². The minimum Gasteiger partial charge on any atom is -0.323 e. The van der Waals surface area contributed by atoms with Gasteiger partial charge in [0.05, 0.1) is 16.3 Å². The van der Waals surface area contributed by atoms with Crippen molar-refractivity contribution in [2.45, 2.75) is 28.5 Å². The van der Waals surface area contributed by atoms with Crippen LogP contribution in [-0.4, -0.2) is 20.9 Å². The first kappa shape index (κ1) is 25.8. The van der Waals surface area contributed by atoms with Gasteiger partial charge in [-0.25, -0.2) is 8.42 Å². The molecule has 0 aliphatic rings. The fourth-order valence-corrected chi connectivity index (χ4v) is 6.27. The predicted molar refractivity (Wildman–Crippen MR) is 148 cm³/mol. The molecule has 0 aliphatic carbocycles. The van der Waals surface area contributed by atoms with E-state index >= 15 is 0 Å². The molecule has 0 aliphatic heterocycles. The topological polar surface area (TPSA) is 66.5 Å². The molecule has 36 heavy (non-hydrogen) atoms. The number of anilines is 2. The first-order valence-electron chi connectivity index (χ1n) is 11.2. The molecular weight excluding hydrogens is 512 g/mol. The third-order valence-corrected chi connectivity index (χ3v) is 8.55. The van der Waals surface area contributed by atoms with Gasteiger partial charge in [-0.05, 0) is 74.0 Å². The van der Waals surface area contributed by atoms with Gasteiger partial charge in [0.1, 0.15) is 6.54 Å². The lowest BCUT2D eigenvalue weighted by molar-refractivity contribution is -0.114. The summed E-state index contributed by atoms with van der Waals surface area (Å²) in [5, 5.41) is 3.39. The standard InChI is InChI=1S/C28H25ClN2O3S2/c1-20-12-15-24(16-13-20)36(33,34)31(26-17-14-22(29)18-21(26)2)19-28(32)30-25-10-6-7-11-27(25)35-23-8-4-3-5-9-23/h3-18H,19H2,1-2H3,(H,30,32). The number of para-hydroxylation sites is 1. The zero-order valence-electron chi connectivity index (χ0n) is 19.8. The summed E-state index contributed by atoms with van der Waals surface area (Å²) >= 11 is 7.64. The van der Waals surface area contributed by atoms with E-state index in [0.29, 0.717) is 22.0 Å². The normalized spacial score (nSPS) is 11.2. The molecule has 4 rings (SSSR count). The molecule has 0 atom stereocenters. The van der Waals surface area contributed by atoms with Crippen LogP contribution in [0.5, 0.6) is 0 Å². The Labute approximate surface area is 221 Å². The van der Waals surface area contributed by atoms with Gasteiger partial charge in [-0.1, -0.05) is 71.4 Å². The minimum absolute atomic E-state index is 0.107. The van der Waals surface area contributed by atoms with Crippen LogP contribution in [0.2, 0.25) is 5.02 Å². The zero-order valence-corrected chi connectivity index (χ0v) is 22.2. The smallest absolute Gasteiger partial charge is 0.264 e. The number of carbonyl (C=O) groups is 1. The molecule has 8 heteroatoms. The van der Waals surface area contributed by atoms with Crippen LogP contribution in [0.3, 0.4) is 0 Å². The van der Waals surface area contributed by atoms with Crippen molar-refractivity contribution in [1.29, 1.82) is 0 Å². The number of rotatable bonds is 8. The highest BCUT2D eigenvalue weighted by atomic mass is 35.5. The monoisotopic (exact) mass is 536 g/mol. The van der Waals surface area contributed by atoms with E-state index in [1.54, 1.807) is 55.5 Å². The van der Waals surface area contributed by atoms with Crippen molar-refractivity contribution in [3.63, 3.8) is 0 Å². The summed E-state index contributed by atoms with van der Waals surface area (Å²) in [6, 6.07) is 28.7. The van der Waals surface area contributed by atoms with Crippen LogP contribution in [0.1, 0.15) is 11.1 Å². The Morgan fingerprint density at radius 2 is 1.56 bits per heavy atom. The number of benzene rings is 4. The molecule has 1 N–H and O–H groups in total. The summed E-state index contributed by atoms with van der Waals surface area (Å²) in [5.41, 5.74) is 2.58. The molecule has 0 saturated carbocycles. The van der Waals surface area contributed by atoms with Gasteiger partial charge in [0.25, 0.3) is 10.0 Å². The number of aryl methyl sites for hydroxylation is 2. The van der Waals surface area contributed by atoms with Crippen LogP contribution in [0.4, 0.5) is 11.4 Å². The second-order valence-electron chi connectivity index (χ2n) is 8.21. The predicted octanol–water partition coefficient (Wildman–Crippen LogP) is 6.94. The number of sulfonamides is 1. The van der Waals surface area contributed by atoms with Crippen molar-refractivity contribution in [3.05, 3.63) is 113 Å². The van der Waals surface area contributed by atoms with Gasteiger partial charge in [0.15, 0.2) is 0 Å². The van der Waals surface area contributed by atoms with Crippen LogP contribution in [-0.2, 0) is 14.8 Å². The maximum absolute atomic E-state index is 13.7. The van der Waals surface area contributed by atoms with E-state index in [1.165, 1.54) is 11.8 Å². The first-order chi connectivity index (χ1) is 17.2. The molecule has 0 heterocycles. The number of nitrogens with zero attached hydrogens (tertiary/aromatic N) is 1. The third kappa shape index (κ3) is 6.10. The molecule has 5 nitrogen and oxygen atoms in total. The molecule has 1 amide bonds. The number of nitrogens with one attached hydrogen (secondary N) is 1. The molecule has 0 radical (unpaired) electrons. The molecule has 0 unspecified atom stereocenters. The maximum Gasteiger partial charge on any atom is 0.264 e. The van der Waals surface area contributed by atoms with Crippen molar-refractivity contribution in [2.24, 2.45) is 0 Å². The number of amides is 1. The van der Waals surface area contributed by atoms with Crippen molar-refractivity contribution in [2.75, 3.05) is 16.2 Å². The summed E-state index contributed by atoms with van der Waals surface area (Å²) in [6.07, 6.45) is 0. The fraction of sp³-hybridized carbons (Fsp3) is 0.107. The Morgan fingerprint density at radius 1 is 0.889 bits per heavy atom. The van der Waals surface area contributed by atoms with Crippen molar-refractivity contribution in [1.82, 2.24) is 0 Å². The summed E-state index contributed by atoms with van der Waals surface area (Å²) in [4.78, 5) is 15.2. The Bertz CT molecular complexity index is 1470. The Kier molecular flexibility index (Phi) is 8.04. The maximum atomic E-state index is 13.7. The number of hydrogen-bond acceptors (Lipinski definition) is 4. The van der Waals surface area contributed by atoms with Crippen LogP contribution in [0.15, 0.2) is 112 Å². The van der Waals surface area contributed by atoms with Gasteiger partial charge in [0.2, 0.25) is 5.91 Å². The van der Waals surface area contributed by atoms with Gasteiger partial charge in [-0.2, -0.15) is 0 Å². The Morgan fingerprint density at radius 3 is 2.25 bits per heavy atom. The third-order valence-electron chi connectivity index (χ3n) is 5.46. The summed E-state index contributed by atoms with van der Waals surface area (Å²) in [7, 11) is -4.03. The van der Waals surface area contributed by atoms with Gasteiger partial charge >= 0.3 is 0 Å². The molecule has 0 fully saturated rings. The van der Waals surface area contributed by atoms with Crippen molar-refractivity contribution in [3.8, 4) is 0 Å². The number of hydrogen-bond donors (Lipinski definition) is 1. The van der Waals surface area contributed by atoms with Gasteiger partial charge in [-0.3, -0.25) is 9.10 Å². The van der Waals surface area contributed by atoms with E-state index in [9.17, 15) is 13.2 Å². The summed E-state index contributed by atoms with van der Waals surface area (Å²) in [5.74, 6) is -0.457. The van der Waals surface area contributed by atoms with Gasteiger partial charge in [0, 0.05) is 14.8 Å². The lowest BCUT2D eigenvalue weighted by Crippen LogP contribution is -2.38. The molecule has 0 aromatic heterocycles. The summed E-state index contributed by atoms with van der Waals surface area (Å²) < 4.78 is 28.5. The zero-order chi connectivity index (χ0) is 25.7. The first-order valence-corrected chi connectivity index (χ1v) is 13.8. The molecule has 184 valence electrons. The van der Waals surface area contributed by atoms with E-state index in [4.69, 9.17) is 11.6 Å². The molecule has 0 saturated heterocycles. The second-order valence-corrected chi connectivity index (χ2v) is 11.6. The molecular formula is C28H25ClN2O3S2. The molecule has 0 spiro atoms. The average Bonchev–Trinajstić information content (AvgIpc) is 2.85. The van der Waals surface area contributed by atoms with Crippen LogP contribution in [0, 0.1) is 13.8 Å². The average molecular weight is 537 g/mol. The fourth-order valence-electron chi connectivity index (χ4n) is 3.63. The Hall–Kier alpha value is -3.26. The van der Waals surface area contributed by atoms with Gasteiger partial charge in [-0.15, -0.1) is 0 Å². The van der Waals surface area contributed by atoms with E-state index in [-0.39, 0.29) is 4.90 Å². The molecule has 0 bridgehead atoms. The highest BCUT2D eigenvalue weighted by Crippen LogP contribution is 2.34. The van der Waals surface area contributed by atoms with Crippen molar-refractivity contribution >= 4 is 50.7 Å². The van der Waals surface area contributed by atoms with E-state index in [2.05, 4.69) is 5.32 Å². The minimum atomic E-state index is -4.03. The van der Waals surface area contributed by atoms with Crippen LogP contribution >= 0.6 is 23.4 Å². The largest absolute Gasteiger partial charge is 0.323 e. The van der Waals surface area contributed by atoms with Crippen LogP contribution < -0.4 is 9.62 Å². The molecule has 4 aromatic carbocycles. The highest BCUT2D eigenvalue weighted by Gasteiger charge is 2.28. The highest BCUT2D eigenvalue weighted by molar-refractivity contribution is 7.99. The quantitative estimate of drug-likeness (QED) is 0.265. The van der Waals surface area contributed by atoms with E-state index < -0.39 is 22.5 Å². The molecule has 4 aromatic rings. The number of carbonyl (C=O) groups excluding carboxylic acids is 1. The SMILES string of the molecule is Cc1ccc(S(=O)(=O)N(CC(=O)Nc2ccccc2Sc2ccccc2)c2ccc(Cl)cc2C)cc1. The van der Waals surface area contributed by atoms with E-state index in [1.807, 2.05) is 55.5 Å². The Balaban J connectivity index is 1.65. The van der Waals surface area contributed by atoms with Crippen molar-refractivity contribution < 1.29 is 13.2 Å². The number of halogens is 1. The van der Waals surface area contributed by atoms with Crippen LogP contribution in [0.25, 0.3) is 0 Å². The van der Waals surface area contributed by atoms with Gasteiger partial charge < -0.3 is 5.32 Å². The second kappa shape index (κ2) is 11.2. The lowest BCUT2D eigenvalue weighted by Gasteiger charge is -2.26.